The Kier molecular flexibility index (Phi) is 5.94. The van der Waals surface area contributed by atoms with Crippen molar-refractivity contribution in [3.8, 4) is 0 Å². The predicted octanol–water partition coefficient (Wildman–Crippen LogP) is 2.40. The molecular weight excluding hydrogens is 421 g/mol. The van der Waals surface area contributed by atoms with Crippen molar-refractivity contribution in [3.63, 3.8) is 0 Å². The van der Waals surface area contributed by atoms with Crippen LogP contribution in [0.2, 0.25) is 0 Å². The lowest BCUT2D eigenvalue weighted by Gasteiger charge is -2.39. The summed E-state index contributed by atoms with van der Waals surface area (Å²) >= 11 is 1.41. The van der Waals surface area contributed by atoms with E-state index in [1.807, 2.05) is 18.4 Å². The average Bonchev–Trinajstić information content (AvgIpc) is 3.20. The van der Waals surface area contributed by atoms with Crippen LogP contribution in [0.5, 0.6) is 0 Å². The van der Waals surface area contributed by atoms with E-state index >= 15 is 0 Å². The predicted molar refractivity (Wildman–Crippen MR) is 115 cm³/mol. The number of halogens is 1. The highest BCUT2D eigenvalue weighted by molar-refractivity contribution is 7.17. The van der Waals surface area contributed by atoms with Gasteiger partial charge in [0.25, 0.3) is 5.91 Å². The summed E-state index contributed by atoms with van der Waals surface area (Å²) in [6.07, 6.45) is 2.72. The van der Waals surface area contributed by atoms with Crippen LogP contribution >= 0.6 is 11.3 Å². The molecule has 4 heterocycles. The van der Waals surface area contributed by atoms with E-state index < -0.39 is 5.82 Å². The first-order valence-electron chi connectivity index (χ1n) is 9.81. The molecule has 0 saturated carbocycles. The summed E-state index contributed by atoms with van der Waals surface area (Å²) in [5.74, 6) is -0.0898. The molecule has 9 nitrogen and oxygen atoms in total. The molecule has 3 aromatic rings. The van der Waals surface area contributed by atoms with Gasteiger partial charge in [0.2, 0.25) is 5.95 Å². The van der Waals surface area contributed by atoms with Crippen molar-refractivity contribution in [1.29, 1.82) is 0 Å². The van der Waals surface area contributed by atoms with Gasteiger partial charge in [-0.3, -0.25) is 9.78 Å². The number of anilines is 1. The quantitative estimate of drug-likeness (QED) is 0.539. The Balaban J connectivity index is 1.49. The summed E-state index contributed by atoms with van der Waals surface area (Å²) in [6, 6.07) is 2.70. The van der Waals surface area contributed by atoms with E-state index in [9.17, 15) is 14.0 Å². The van der Waals surface area contributed by atoms with Crippen molar-refractivity contribution in [2.24, 2.45) is 5.92 Å². The molecule has 0 aromatic carbocycles. The number of likely N-dealkylation sites (tertiary alicyclic amines) is 1. The fraction of sp³-hybridized carbons (Fsp3) is 0.350. The molecular formula is C20H22FN7O2S. The zero-order valence-electron chi connectivity index (χ0n) is 17.1. The molecule has 162 valence electrons. The van der Waals surface area contributed by atoms with Crippen molar-refractivity contribution in [1.82, 2.24) is 30.5 Å². The Hall–Kier alpha value is -3.34. The van der Waals surface area contributed by atoms with Crippen LogP contribution in [0.25, 0.3) is 10.2 Å². The molecule has 31 heavy (non-hydrogen) atoms. The second-order valence-corrected chi connectivity index (χ2v) is 8.29. The number of nitrogens with one attached hydrogen (secondary N) is 3. The number of pyridine rings is 1. The average molecular weight is 444 g/mol. The van der Waals surface area contributed by atoms with Gasteiger partial charge in [-0.25, -0.2) is 19.2 Å². The van der Waals surface area contributed by atoms with E-state index in [1.165, 1.54) is 17.4 Å². The maximum absolute atomic E-state index is 13.5. The topological polar surface area (TPSA) is 112 Å². The van der Waals surface area contributed by atoms with Gasteiger partial charge in [0.1, 0.15) is 5.82 Å². The minimum Gasteiger partial charge on any atom is -0.348 e. The lowest BCUT2D eigenvalue weighted by Crippen LogP contribution is -2.54. The van der Waals surface area contributed by atoms with Gasteiger partial charge in [0.05, 0.1) is 22.5 Å². The fourth-order valence-electron chi connectivity index (χ4n) is 3.36. The van der Waals surface area contributed by atoms with Crippen molar-refractivity contribution in [2.45, 2.75) is 13.0 Å². The molecule has 11 heteroatoms. The van der Waals surface area contributed by atoms with E-state index in [4.69, 9.17) is 0 Å². The first-order valence-corrected chi connectivity index (χ1v) is 10.7. The SMILES string of the molecule is CNC(=O)NCC1CN(C(=O)c2nc(N[C@@H](C)c3cncc(F)c3)nc3ccsc23)C1. The fourth-order valence-corrected chi connectivity index (χ4v) is 4.17. The third-order valence-corrected chi connectivity index (χ3v) is 6.01. The molecule has 0 bridgehead atoms. The normalized spacial score (nSPS) is 14.7. The lowest BCUT2D eigenvalue weighted by molar-refractivity contribution is 0.0502. The number of hydrogen-bond acceptors (Lipinski definition) is 7. The number of thiophene rings is 1. The van der Waals surface area contributed by atoms with Gasteiger partial charge in [-0.15, -0.1) is 11.3 Å². The molecule has 0 aliphatic carbocycles. The summed E-state index contributed by atoms with van der Waals surface area (Å²) in [7, 11) is 1.56. The van der Waals surface area contributed by atoms with Gasteiger partial charge >= 0.3 is 6.03 Å². The number of amides is 3. The Bertz CT molecular complexity index is 1120. The summed E-state index contributed by atoms with van der Waals surface area (Å²) < 4.78 is 14.2. The van der Waals surface area contributed by atoms with Crippen molar-refractivity contribution in [2.75, 3.05) is 32.0 Å². The van der Waals surface area contributed by atoms with Gasteiger partial charge in [-0.05, 0) is 30.0 Å². The minimum absolute atomic E-state index is 0.172. The molecule has 1 atom stereocenters. The number of hydrogen-bond donors (Lipinski definition) is 3. The van der Waals surface area contributed by atoms with E-state index in [1.54, 1.807) is 18.1 Å². The summed E-state index contributed by atoms with van der Waals surface area (Å²) in [5.41, 5.74) is 1.66. The largest absolute Gasteiger partial charge is 0.348 e. The van der Waals surface area contributed by atoms with Crippen molar-refractivity contribution in [3.05, 3.63) is 47.0 Å². The molecule has 1 fully saturated rings. The highest BCUT2D eigenvalue weighted by Crippen LogP contribution is 2.28. The third-order valence-electron chi connectivity index (χ3n) is 5.10. The summed E-state index contributed by atoms with van der Waals surface area (Å²) in [4.78, 5) is 38.9. The Morgan fingerprint density at radius 2 is 2.13 bits per heavy atom. The highest BCUT2D eigenvalue weighted by atomic mass is 32.1. The van der Waals surface area contributed by atoms with Crippen LogP contribution in [0.1, 0.15) is 29.0 Å². The molecule has 1 aliphatic rings. The van der Waals surface area contributed by atoms with E-state index in [0.29, 0.717) is 42.4 Å². The van der Waals surface area contributed by atoms with Crippen LogP contribution in [-0.4, -0.2) is 58.5 Å². The van der Waals surface area contributed by atoms with E-state index in [0.717, 1.165) is 10.9 Å². The number of nitrogens with zero attached hydrogens (tertiary/aromatic N) is 4. The van der Waals surface area contributed by atoms with Crippen LogP contribution in [0, 0.1) is 11.7 Å². The number of carbonyl (C=O) groups excluding carboxylic acids is 2. The molecule has 1 saturated heterocycles. The van der Waals surface area contributed by atoms with E-state index in [2.05, 4.69) is 30.9 Å². The molecule has 3 N–H and O–H groups in total. The Morgan fingerprint density at radius 1 is 1.32 bits per heavy atom. The smallest absolute Gasteiger partial charge is 0.314 e. The standard InChI is InChI=1S/C20H22FN7O2S/c1-11(13-5-14(21)8-23-7-13)25-19-26-15-3-4-31-17(15)16(27-19)18(29)28-9-12(10-28)6-24-20(30)22-2/h3-5,7-8,11-12H,6,9-10H2,1-2H3,(H2,22,24,30)(H,25,26,27)/t11-/m0/s1. The lowest BCUT2D eigenvalue weighted by atomic mass is 9.99. The summed E-state index contributed by atoms with van der Waals surface area (Å²) in [6.45, 7) is 3.45. The first-order chi connectivity index (χ1) is 14.9. The number of urea groups is 1. The highest BCUT2D eigenvalue weighted by Gasteiger charge is 2.33. The monoisotopic (exact) mass is 443 g/mol. The zero-order chi connectivity index (χ0) is 22.0. The number of aromatic nitrogens is 3. The van der Waals surface area contributed by atoms with Crippen molar-refractivity contribution >= 4 is 39.4 Å². The van der Waals surface area contributed by atoms with Gasteiger partial charge in [0, 0.05) is 38.8 Å². The maximum atomic E-state index is 13.5. The van der Waals surface area contributed by atoms with Gasteiger partial charge < -0.3 is 20.9 Å². The Morgan fingerprint density at radius 3 is 2.87 bits per heavy atom. The maximum Gasteiger partial charge on any atom is 0.314 e. The molecule has 4 rings (SSSR count). The van der Waals surface area contributed by atoms with Gasteiger partial charge in [0.15, 0.2) is 5.69 Å². The number of rotatable bonds is 6. The summed E-state index contributed by atoms with van der Waals surface area (Å²) in [5, 5.41) is 10.3. The van der Waals surface area contributed by atoms with Crippen molar-refractivity contribution < 1.29 is 14.0 Å². The molecule has 0 spiro atoms. The van der Waals surface area contributed by atoms with E-state index in [-0.39, 0.29) is 23.9 Å². The van der Waals surface area contributed by atoms with Gasteiger partial charge in [-0.2, -0.15) is 0 Å². The van der Waals surface area contributed by atoms with Gasteiger partial charge in [-0.1, -0.05) is 0 Å². The molecule has 3 aromatic heterocycles. The second-order valence-electron chi connectivity index (χ2n) is 7.37. The van der Waals surface area contributed by atoms with Crippen LogP contribution in [0.15, 0.2) is 29.9 Å². The van der Waals surface area contributed by atoms with Crippen LogP contribution < -0.4 is 16.0 Å². The van der Waals surface area contributed by atoms with Crippen LogP contribution in [0.3, 0.4) is 0 Å². The molecule has 0 radical (unpaired) electrons. The zero-order valence-corrected chi connectivity index (χ0v) is 17.9. The molecule has 1 aliphatic heterocycles. The number of fused-ring (bicyclic) bond motifs is 1. The van der Waals surface area contributed by atoms with Crippen LogP contribution in [-0.2, 0) is 0 Å². The number of carbonyl (C=O) groups is 2. The first kappa shape index (κ1) is 20.9. The minimum atomic E-state index is -0.422. The van der Waals surface area contributed by atoms with Crippen LogP contribution in [0.4, 0.5) is 15.1 Å². The molecule has 3 amide bonds. The third kappa shape index (κ3) is 4.55. The second kappa shape index (κ2) is 8.80. The molecule has 0 unspecified atom stereocenters. The Labute approximate surface area is 182 Å².